The molecule has 0 unspecified atom stereocenters. The summed E-state index contributed by atoms with van der Waals surface area (Å²) in [7, 11) is -7.33. The Labute approximate surface area is 190 Å². The summed E-state index contributed by atoms with van der Waals surface area (Å²) < 4.78 is 54.1. The lowest BCUT2D eigenvalue weighted by atomic mass is 10.1. The molecule has 2 aromatic carbocycles. The first-order valence-corrected chi connectivity index (χ1v) is 13.5. The molecule has 1 saturated heterocycles. The van der Waals surface area contributed by atoms with Crippen molar-refractivity contribution in [3.8, 4) is 0 Å². The quantitative estimate of drug-likeness (QED) is 0.627. The number of hydrogen-bond acceptors (Lipinski definition) is 5. The van der Waals surface area contributed by atoms with Gasteiger partial charge in [0.1, 0.15) is 0 Å². The van der Waals surface area contributed by atoms with Gasteiger partial charge in [0, 0.05) is 37.4 Å². The number of rotatable bonds is 8. The molecule has 1 amide bonds. The lowest BCUT2D eigenvalue weighted by Gasteiger charge is -2.19. The maximum absolute atomic E-state index is 13.0. The van der Waals surface area contributed by atoms with E-state index in [4.69, 9.17) is 0 Å². The van der Waals surface area contributed by atoms with Crippen LogP contribution in [0.25, 0.3) is 0 Å². The minimum Gasteiger partial charge on any atom is -0.322 e. The maximum atomic E-state index is 13.0. The number of nitrogens with one attached hydrogen (secondary N) is 1. The molecule has 32 heavy (non-hydrogen) atoms. The standard InChI is InChI=1S/C22H29N3O5S2/c1-4-24(5-2)31(27,28)19-10-8-9-18(15-19)23-22(26)21-16-20(12-11-17(21)3)32(29,30)25-13-6-7-14-25/h8-12,15-16H,4-7,13-14H2,1-3H3,(H,23,26). The van der Waals surface area contributed by atoms with Crippen molar-refractivity contribution in [1.29, 1.82) is 0 Å². The van der Waals surface area contributed by atoms with Crippen LogP contribution in [-0.2, 0) is 20.0 Å². The van der Waals surface area contributed by atoms with Crippen LogP contribution in [0.4, 0.5) is 5.69 Å². The molecule has 8 nitrogen and oxygen atoms in total. The van der Waals surface area contributed by atoms with Gasteiger partial charge in [0.05, 0.1) is 9.79 Å². The fourth-order valence-electron chi connectivity index (χ4n) is 3.73. The molecule has 3 rings (SSSR count). The lowest BCUT2D eigenvalue weighted by Crippen LogP contribution is -2.30. The summed E-state index contributed by atoms with van der Waals surface area (Å²) in [5.74, 6) is -0.502. The average molecular weight is 480 g/mol. The van der Waals surface area contributed by atoms with Crippen LogP contribution in [0.5, 0.6) is 0 Å². The molecule has 0 radical (unpaired) electrons. The van der Waals surface area contributed by atoms with E-state index in [9.17, 15) is 21.6 Å². The Morgan fingerprint density at radius 2 is 1.62 bits per heavy atom. The molecule has 0 aliphatic carbocycles. The number of carbonyl (C=O) groups excluding carboxylic acids is 1. The Kier molecular flexibility index (Phi) is 7.39. The predicted octanol–water partition coefficient (Wildman–Crippen LogP) is 3.06. The first-order valence-electron chi connectivity index (χ1n) is 10.6. The van der Waals surface area contributed by atoms with Gasteiger partial charge in [-0.05, 0) is 55.7 Å². The molecule has 1 fully saturated rings. The number of aryl methyl sites for hydroxylation is 1. The largest absolute Gasteiger partial charge is 0.322 e. The molecule has 1 N–H and O–H groups in total. The third-order valence-corrected chi connectivity index (χ3v) is 9.53. The van der Waals surface area contributed by atoms with Crippen molar-refractivity contribution < 1.29 is 21.6 Å². The maximum Gasteiger partial charge on any atom is 0.255 e. The second-order valence-electron chi connectivity index (χ2n) is 7.66. The van der Waals surface area contributed by atoms with E-state index in [1.807, 2.05) is 0 Å². The average Bonchev–Trinajstić information content (AvgIpc) is 3.30. The van der Waals surface area contributed by atoms with E-state index in [-0.39, 0.29) is 15.4 Å². The summed E-state index contributed by atoms with van der Waals surface area (Å²) >= 11 is 0. The van der Waals surface area contributed by atoms with Gasteiger partial charge >= 0.3 is 0 Å². The number of anilines is 1. The van der Waals surface area contributed by atoms with Gasteiger partial charge in [0.2, 0.25) is 20.0 Å². The third-order valence-electron chi connectivity index (χ3n) is 5.59. The van der Waals surface area contributed by atoms with Crippen molar-refractivity contribution >= 4 is 31.6 Å². The van der Waals surface area contributed by atoms with E-state index in [0.717, 1.165) is 12.8 Å². The van der Waals surface area contributed by atoms with E-state index in [2.05, 4.69) is 5.32 Å². The molecule has 10 heteroatoms. The molecule has 1 aliphatic heterocycles. The van der Waals surface area contributed by atoms with Crippen molar-refractivity contribution in [3.05, 3.63) is 53.6 Å². The van der Waals surface area contributed by atoms with Crippen molar-refractivity contribution in [3.63, 3.8) is 0 Å². The van der Waals surface area contributed by atoms with Crippen LogP contribution in [0.2, 0.25) is 0 Å². The van der Waals surface area contributed by atoms with E-state index >= 15 is 0 Å². The number of hydrogen-bond donors (Lipinski definition) is 1. The van der Waals surface area contributed by atoms with Gasteiger partial charge in [-0.3, -0.25) is 4.79 Å². The number of nitrogens with zero attached hydrogens (tertiary/aromatic N) is 2. The van der Waals surface area contributed by atoms with Crippen LogP contribution >= 0.6 is 0 Å². The zero-order valence-corrected chi connectivity index (χ0v) is 20.2. The highest BCUT2D eigenvalue weighted by Crippen LogP contribution is 2.24. The number of benzene rings is 2. The number of amides is 1. The topological polar surface area (TPSA) is 104 Å². The van der Waals surface area contributed by atoms with E-state index < -0.39 is 26.0 Å². The fourth-order valence-corrected chi connectivity index (χ4v) is 6.78. The Morgan fingerprint density at radius 1 is 0.969 bits per heavy atom. The van der Waals surface area contributed by atoms with Gasteiger partial charge in [0.15, 0.2) is 0 Å². The van der Waals surface area contributed by atoms with Crippen LogP contribution < -0.4 is 5.32 Å². The molecule has 174 valence electrons. The van der Waals surface area contributed by atoms with Crippen LogP contribution in [0.1, 0.15) is 42.6 Å². The summed E-state index contributed by atoms with van der Waals surface area (Å²) in [6.07, 6.45) is 1.65. The van der Waals surface area contributed by atoms with Crippen molar-refractivity contribution in [1.82, 2.24) is 8.61 Å². The Bertz CT molecular complexity index is 1200. The van der Waals surface area contributed by atoms with E-state index in [1.54, 1.807) is 39.0 Å². The third kappa shape index (κ3) is 4.88. The summed E-state index contributed by atoms with van der Waals surface area (Å²) in [5.41, 5.74) is 1.16. The molecule has 0 saturated carbocycles. The first-order chi connectivity index (χ1) is 15.1. The highest BCUT2D eigenvalue weighted by Gasteiger charge is 2.28. The zero-order valence-electron chi connectivity index (χ0n) is 18.5. The molecule has 0 aromatic heterocycles. The molecular formula is C22H29N3O5S2. The van der Waals surface area contributed by atoms with Crippen molar-refractivity contribution in [2.24, 2.45) is 0 Å². The van der Waals surface area contributed by atoms with Gasteiger partial charge in [-0.2, -0.15) is 8.61 Å². The normalized spacial score (nSPS) is 15.2. The smallest absolute Gasteiger partial charge is 0.255 e. The summed E-state index contributed by atoms with van der Waals surface area (Å²) in [6.45, 7) is 6.89. The van der Waals surface area contributed by atoms with Crippen LogP contribution in [-0.4, -0.2) is 57.5 Å². The van der Waals surface area contributed by atoms with Crippen LogP contribution in [0.15, 0.2) is 52.3 Å². The van der Waals surface area contributed by atoms with Gasteiger partial charge in [-0.25, -0.2) is 16.8 Å². The Balaban J connectivity index is 1.88. The fraction of sp³-hybridized carbons (Fsp3) is 0.409. The predicted molar refractivity (Wildman–Crippen MR) is 124 cm³/mol. The van der Waals surface area contributed by atoms with Gasteiger partial charge < -0.3 is 5.32 Å². The van der Waals surface area contributed by atoms with E-state index in [1.165, 1.54) is 32.9 Å². The molecule has 0 bridgehead atoms. The Hall–Kier alpha value is -2.27. The zero-order chi connectivity index (χ0) is 23.5. The highest BCUT2D eigenvalue weighted by molar-refractivity contribution is 7.89. The summed E-state index contributed by atoms with van der Waals surface area (Å²) in [5, 5.41) is 2.70. The van der Waals surface area contributed by atoms with Crippen molar-refractivity contribution in [2.75, 3.05) is 31.5 Å². The minimum atomic E-state index is -3.67. The molecular weight excluding hydrogens is 450 g/mol. The molecule has 0 spiro atoms. The monoisotopic (exact) mass is 479 g/mol. The second-order valence-corrected chi connectivity index (χ2v) is 11.5. The molecule has 1 heterocycles. The summed E-state index contributed by atoms with van der Waals surface area (Å²) in [6, 6.07) is 10.6. The Morgan fingerprint density at radius 3 is 2.25 bits per heavy atom. The minimum absolute atomic E-state index is 0.0769. The van der Waals surface area contributed by atoms with Crippen molar-refractivity contribution in [2.45, 2.75) is 43.4 Å². The SMILES string of the molecule is CCN(CC)S(=O)(=O)c1cccc(NC(=O)c2cc(S(=O)(=O)N3CCCC3)ccc2C)c1. The molecule has 1 aliphatic rings. The van der Waals surface area contributed by atoms with Gasteiger partial charge in [0.25, 0.3) is 5.91 Å². The molecule has 2 aromatic rings. The van der Waals surface area contributed by atoms with Gasteiger partial charge in [-0.15, -0.1) is 0 Å². The second kappa shape index (κ2) is 9.70. The highest BCUT2D eigenvalue weighted by atomic mass is 32.2. The van der Waals surface area contributed by atoms with E-state index in [0.29, 0.717) is 37.4 Å². The van der Waals surface area contributed by atoms with Crippen LogP contribution in [0, 0.1) is 6.92 Å². The lowest BCUT2D eigenvalue weighted by molar-refractivity contribution is 0.102. The summed E-state index contributed by atoms with van der Waals surface area (Å²) in [4.78, 5) is 13.1. The van der Waals surface area contributed by atoms with Crippen LogP contribution in [0.3, 0.4) is 0 Å². The number of sulfonamides is 2. The van der Waals surface area contributed by atoms with Gasteiger partial charge in [-0.1, -0.05) is 26.0 Å². The first kappa shape index (κ1) is 24.4. The molecule has 0 atom stereocenters. The number of carbonyl (C=O) groups is 1.